The fourth-order valence-electron chi connectivity index (χ4n) is 5.67. The Balaban J connectivity index is 1.14. The number of urea groups is 1. The van der Waals surface area contributed by atoms with Crippen molar-refractivity contribution in [1.82, 2.24) is 4.90 Å². The zero-order chi connectivity index (χ0) is 19.5. The van der Waals surface area contributed by atoms with Crippen LogP contribution in [0.5, 0.6) is 0 Å². The molecule has 4 atom stereocenters. The van der Waals surface area contributed by atoms with Crippen molar-refractivity contribution in [2.24, 2.45) is 17.8 Å². The Morgan fingerprint density at radius 3 is 2.55 bits per heavy atom. The minimum atomic E-state index is -0.0306. The molecule has 152 valence electrons. The van der Waals surface area contributed by atoms with E-state index in [0.717, 1.165) is 43.0 Å². The predicted molar refractivity (Wildman–Crippen MR) is 110 cm³/mol. The molecule has 4 heterocycles. The summed E-state index contributed by atoms with van der Waals surface area (Å²) < 4.78 is 5.90. The third-order valence-corrected chi connectivity index (χ3v) is 7.54. The van der Waals surface area contributed by atoms with E-state index in [4.69, 9.17) is 4.74 Å². The van der Waals surface area contributed by atoms with Gasteiger partial charge < -0.3 is 19.9 Å². The van der Waals surface area contributed by atoms with Crippen molar-refractivity contribution in [3.8, 4) is 0 Å². The Hall–Kier alpha value is -2.34. The standard InChI is InChI=1S/C23H27N3O3/c27-22-9-4-15-10-16(5-6-19(15)26(22)11-14-2-1-3-14)24-23(28)25-12-17-18(13-25)21-8-7-20(17)29-21/h5-8,10,14,17-18,20-21H,1-4,9,11-13H2,(H,24,28). The predicted octanol–water partition coefficient (Wildman–Crippen LogP) is 3.18. The molecule has 6 nitrogen and oxygen atoms in total. The Kier molecular flexibility index (Phi) is 3.98. The fourth-order valence-corrected chi connectivity index (χ4v) is 5.67. The fraction of sp³-hybridized carbons (Fsp3) is 0.565. The Labute approximate surface area is 170 Å². The van der Waals surface area contributed by atoms with Crippen molar-refractivity contribution >= 4 is 23.3 Å². The number of carbonyl (C=O) groups excluding carboxylic acids is 2. The highest BCUT2D eigenvalue weighted by Gasteiger charge is 2.51. The molecule has 1 N–H and O–H groups in total. The van der Waals surface area contributed by atoms with Crippen LogP contribution in [0.2, 0.25) is 0 Å². The molecule has 2 bridgehead atoms. The van der Waals surface area contributed by atoms with Crippen molar-refractivity contribution < 1.29 is 14.3 Å². The molecular weight excluding hydrogens is 366 g/mol. The van der Waals surface area contributed by atoms with Crippen LogP contribution in [0, 0.1) is 17.8 Å². The van der Waals surface area contributed by atoms with Gasteiger partial charge in [-0.25, -0.2) is 4.79 Å². The molecule has 29 heavy (non-hydrogen) atoms. The van der Waals surface area contributed by atoms with Gasteiger partial charge in [-0.1, -0.05) is 18.6 Å². The first-order valence-corrected chi connectivity index (χ1v) is 11.0. The number of nitrogens with zero attached hydrogens (tertiary/aromatic N) is 2. The summed E-state index contributed by atoms with van der Waals surface area (Å²) in [6.45, 7) is 2.36. The second kappa shape index (κ2) is 6.59. The molecule has 1 saturated carbocycles. The average Bonchev–Trinajstić information content (AvgIpc) is 3.39. The van der Waals surface area contributed by atoms with Gasteiger partial charge in [0.05, 0.1) is 12.2 Å². The lowest BCUT2D eigenvalue weighted by Gasteiger charge is -2.36. The summed E-state index contributed by atoms with van der Waals surface area (Å²) in [5.74, 6) is 1.75. The van der Waals surface area contributed by atoms with Crippen LogP contribution in [0.3, 0.4) is 0 Å². The maximum Gasteiger partial charge on any atom is 0.321 e. The second-order valence-corrected chi connectivity index (χ2v) is 9.26. The van der Waals surface area contributed by atoms with E-state index >= 15 is 0 Å². The van der Waals surface area contributed by atoms with Crippen LogP contribution in [0.25, 0.3) is 0 Å². The van der Waals surface area contributed by atoms with E-state index in [2.05, 4.69) is 23.5 Å². The minimum Gasteiger partial charge on any atom is -0.366 e. The van der Waals surface area contributed by atoms with Gasteiger partial charge in [-0.15, -0.1) is 0 Å². The number of benzene rings is 1. The highest BCUT2D eigenvalue weighted by atomic mass is 16.5. The molecule has 1 aromatic carbocycles. The summed E-state index contributed by atoms with van der Waals surface area (Å²) >= 11 is 0. The first kappa shape index (κ1) is 17.5. The summed E-state index contributed by atoms with van der Waals surface area (Å²) in [7, 11) is 0. The average molecular weight is 393 g/mol. The quantitative estimate of drug-likeness (QED) is 0.803. The molecule has 3 amide bonds. The summed E-state index contributed by atoms with van der Waals surface area (Å²) in [5, 5.41) is 3.08. The van der Waals surface area contributed by atoms with E-state index in [1.807, 2.05) is 21.9 Å². The van der Waals surface area contributed by atoms with Gasteiger partial charge in [0.25, 0.3) is 0 Å². The number of anilines is 2. The number of aryl methyl sites for hydroxylation is 1. The van der Waals surface area contributed by atoms with E-state index in [1.165, 1.54) is 19.3 Å². The molecule has 3 fully saturated rings. The van der Waals surface area contributed by atoms with E-state index in [1.54, 1.807) is 0 Å². The molecule has 1 aliphatic carbocycles. The lowest BCUT2D eigenvalue weighted by Crippen LogP contribution is -2.40. The molecular formula is C23H27N3O3. The van der Waals surface area contributed by atoms with Crippen molar-refractivity contribution in [3.63, 3.8) is 0 Å². The van der Waals surface area contributed by atoms with Gasteiger partial charge in [-0.3, -0.25) is 4.79 Å². The summed E-state index contributed by atoms with van der Waals surface area (Å²) in [6, 6.07) is 5.97. The number of likely N-dealkylation sites (tertiary alicyclic amines) is 1. The lowest BCUT2D eigenvalue weighted by molar-refractivity contribution is -0.119. The first-order valence-electron chi connectivity index (χ1n) is 11.0. The number of carbonyl (C=O) groups is 2. The summed E-state index contributed by atoms with van der Waals surface area (Å²) in [6.07, 6.45) is 9.71. The molecule has 6 heteroatoms. The SMILES string of the molecule is O=C(Nc1ccc2c(c1)CCC(=O)N2CC1CCC1)N1CC2C3C=CC(O3)C2C1. The number of fused-ring (bicyclic) bond motifs is 6. The van der Waals surface area contributed by atoms with Gasteiger partial charge in [-0.05, 0) is 48.9 Å². The zero-order valence-electron chi connectivity index (χ0n) is 16.5. The van der Waals surface area contributed by atoms with Gasteiger partial charge in [-0.2, -0.15) is 0 Å². The van der Waals surface area contributed by atoms with Crippen LogP contribution in [-0.4, -0.2) is 48.7 Å². The summed E-state index contributed by atoms with van der Waals surface area (Å²) in [5.41, 5.74) is 3.01. The van der Waals surface area contributed by atoms with Gasteiger partial charge in [0.2, 0.25) is 5.91 Å². The van der Waals surface area contributed by atoms with E-state index in [-0.39, 0.29) is 24.1 Å². The molecule has 6 rings (SSSR count). The monoisotopic (exact) mass is 393 g/mol. The highest BCUT2D eigenvalue weighted by molar-refractivity contribution is 5.97. The molecule has 1 aromatic rings. The maximum atomic E-state index is 12.8. The van der Waals surface area contributed by atoms with Gasteiger partial charge >= 0.3 is 6.03 Å². The van der Waals surface area contributed by atoms with Crippen LogP contribution < -0.4 is 10.2 Å². The van der Waals surface area contributed by atoms with E-state index in [9.17, 15) is 9.59 Å². The number of ether oxygens (including phenoxy) is 1. The number of nitrogens with one attached hydrogen (secondary N) is 1. The Bertz CT molecular complexity index is 873. The van der Waals surface area contributed by atoms with E-state index in [0.29, 0.717) is 24.2 Å². The normalized spacial score (nSPS) is 32.3. The summed E-state index contributed by atoms with van der Waals surface area (Å²) in [4.78, 5) is 29.2. The second-order valence-electron chi connectivity index (χ2n) is 9.26. The van der Waals surface area contributed by atoms with Gasteiger partial charge in [0.15, 0.2) is 0 Å². The highest BCUT2D eigenvalue weighted by Crippen LogP contribution is 2.43. The van der Waals surface area contributed by atoms with Crippen LogP contribution >= 0.6 is 0 Å². The first-order chi connectivity index (χ1) is 14.2. The molecule has 0 radical (unpaired) electrons. The smallest absolute Gasteiger partial charge is 0.321 e. The maximum absolute atomic E-state index is 12.8. The van der Waals surface area contributed by atoms with Gasteiger partial charge in [0.1, 0.15) is 0 Å². The molecule has 0 spiro atoms. The van der Waals surface area contributed by atoms with Crippen molar-refractivity contribution in [1.29, 1.82) is 0 Å². The van der Waals surface area contributed by atoms with Crippen molar-refractivity contribution in [2.45, 2.75) is 44.3 Å². The lowest BCUT2D eigenvalue weighted by atomic mass is 9.84. The van der Waals surface area contributed by atoms with Crippen molar-refractivity contribution in [3.05, 3.63) is 35.9 Å². The molecule has 4 unspecified atom stereocenters. The number of rotatable bonds is 3. The Morgan fingerprint density at radius 2 is 1.86 bits per heavy atom. The molecule has 4 aliphatic heterocycles. The third kappa shape index (κ3) is 2.88. The third-order valence-electron chi connectivity index (χ3n) is 7.54. The van der Waals surface area contributed by atoms with Crippen LogP contribution in [0.4, 0.5) is 16.2 Å². The number of amides is 3. The van der Waals surface area contributed by atoms with Crippen molar-refractivity contribution in [2.75, 3.05) is 29.9 Å². The van der Waals surface area contributed by atoms with Crippen LogP contribution in [0.1, 0.15) is 31.2 Å². The molecule has 2 saturated heterocycles. The van der Waals surface area contributed by atoms with Crippen LogP contribution in [-0.2, 0) is 16.0 Å². The van der Waals surface area contributed by atoms with Crippen LogP contribution in [0.15, 0.2) is 30.4 Å². The number of hydrogen-bond acceptors (Lipinski definition) is 3. The topological polar surface area (TPSA) is 61.9 Å². The number of hydrogen-bond donors (Lipinski definition) is 1. The van der Waals surface area contributed by atoms with Gasteiger partial charge in [0, 0.05) is 49.3 Å². The molecule has 5 aliphatic rings. The Morgan fingerprint density at radius 1 is 1.10 bits per heavy atom. The molecule has 0 aromatic heterocycles. The zero-order valence-corrected chi connectivity index (χ0v) is 16.5. The van der Waals surface area contributed by atoms with E-state index < -0.39 is 0 Å². The minimum absolute atomic E-state index is 0.0306. The largest absolute Gasteiger partial charge is 0.366 e.